The van der Waals surface area contributed by atoms with Gasteiger partial charge in [0.05, 0.1) is 22.1 Å². The van der Waals surface area contributed by atoms with Gasteiger partial charge < -0.3 is 13.6 Å². The van der Waals surface area contributed by atoms with Gasteiger partial charge in [0, 0.05) is 43.7 Å². The molecule has 0 fully saturated rings. The van der Waals surface area contributed by atoms with Gasteiger partial charge >= 0.3 is 0 Å². The highest BCUT2D eigenvalue weighted by Crippen LogP contribution is 2.42. The molecule has 0 aliphatic rings. The molecule has 3 nitrogen and oxygen atoms in total. The Morgan fingerprint density at radius 1 is 0.483 bits per heavy atom. The van der Waals surface area contributed by atoms with Gasteiger partial charge in [0.2, 0.25) is 0 Å². The van der Waals surface area contributed by atoms with Crippen LogP contribution in [0.15, 0.2) is 211 Å². The van der Waals surface area contributed by atoms with Gasteiger partial charge in [0.15, 0.2) is 0 Å². The summed E-state index contributed by atoms with van der Waals surface area (Å²) in [6.45, 7) is 6.12. The maximum Gasteiger partial charge on any atom is 0.136 e. The molecule has 3 aromatic heterocycles. The average molecular weight is 743 g/mol. The minimum absolute atomic E-state index is 0.897. The summed E-state index contributed by atoms with van der Waals surface area (Å²) in [5.74, 6) is 0. The topological polar surface area (TPSA) is 23.0 Å². The maximum absolute atomic E-state index is 6.30. The van der Waals surface area contributed by atoms with Crippen LogP contribution in [0.3, 0.4) is 0 Å². The van der Waals surface area contributed by atoms with Crippen LogP contribution in [0, 0.1) is 0 Å². The third kappa shape index (κ3) is 5.28. The van der Waals surface area contributed by atoms with Crippen molar-refractivity contribution in [2.75, 3.05) is 0 Å². The molecule has 0 bridgehead atoms. The summed E-state index contributed by atoms with van der Waals surface area (Å²) >= 11 is 0. The van der Waals surface area contributed by atoms with Crippen LogP contribution >= 0.6 is 0 Å². The van der Waals surface area contributed by atoms with E-state index in [9.17, 15) is 0 Å². The normalized spacial score (nSPS) is 12.3. The van der Waals surface area contributed by atoms with Gasteiger partial charge in [-0.1, -0.05) is 128 Å². The number of para-hydroxylation sites is 2. The highest BCUT2D eigenvalue weighted by atomic mass is 16.3. The highest BCUT2D eigenvalue weighted by Gasteiger charge is 2.19. The molecule has 274 valence electrons. The van der Waals surface area contributed by atoms with Crippen molar-refractivity contribution in [1.82, 2.24) is 9.13 Å². The van der Waals surface area contributed by atoms with E-state index in [-0.39, 0.29) is 0 Å². The third-order valence-electron chi connectivity index (χ3n) is 11.6. The Bertz CT molecular complexity index is 3480. The number of fused-ring (bicyclic) bond motifs is 9. The largest absolute Gasteiger partial charge is 0.456 e. The molecule has 0 atom stereocenters. The number of nitrogens with zero attached hydrogens (tertiary/aromatic N) is 2. The number of benzene rings is 8. The summed E-state index contributed by atoms with van der Waals surface area (Å²) in [5.41, 5.74) is 15.7. The van der Waals surface area contributed by atoms with Crippen molar-refractivity contribution in [1.29, 1.82) is 0 Å². The molecule has 0 spiro atoms. The summed E-state index contributed by atoms with van der Waals surface area (Å²) in [5, 5.41) is 7.11. The Morgan fingerprint density at radius 2 is 1.07 bits per heavy atom. The molecule has 8 aromatic carbocycles. The van der Waals surface area contributed by atoms with Crippen LogP contribution in [0.25, 0.3) is 110 Å². The van der Waals surface area contributed by atoms with Gasteiger partial charge in [-0.3, -0.25) is 0 Å². The van der Waals surface area contributed by atoms with Crippen LogP contribution in [0.4, 0.5) is 0 Å². The highest BCUT2D eigenvalue weighted by molar-refractivity contribution is 6.16. The molecular formula is C55H38N2O. The van der Waals surface area contributed by atoms with E-state index < -0.39 is 0 Å². The quantitative estimate of drug-likeness (QED) is 0.149. The molecule has 3 heterocycles. The molecule has 11 rings (SSSR count). The zero-order valence-corrected chi connectivity index (χ0v) is 32.1. The molecule has 58 heavy (non-hydrogen) atoms. The fraction of sp³-hybridized carbons (Fsp3) is 0.0182. The van der Waals surface area contributed by atoms with E-state index in [1.54, 1.807) is 0 Å². The van der Waals surface area contributed by atoms with Crippen molar-refractivity contribution in [2.24, 2.45) is 0 Å². The molecule has 0 amide bonds. The smallest absolute Gasteiger partial charge is 0.136 e. The second-order valence-electron chi connectivity index (χ2n) is 14.9. The van der Waals surface area contributed by atoms with Gasteiger partial charge in [-0.15, -0.1) is 0 Å². The van der Waals surface area contributed by atoms with E-state index in [4.69, 9.17) is 4.42 Å². The number of aromatic nitrogens is 2. The van der Waals surface area contributed by atoms with E-state index >= 15 is 0 Å². The van der Waals surface area contributed by atoms with Crippen LogP contribution < -0.4 is 0 Å². The molecular weight excluding hydrogens is 705 g/mol. The summed E-state index contributed by atoms with van der Waals surface area (Å²) in [6, 6.07) is 63.6. The van der Waals surface area contributed by atoms with Crippen molar-refractivity contribution >= 4 is 71.2 Å². The fourth-order valence-corrected chi connectivity index (χ4v) is 9.05. The lowest BCUT2D eigenvalue weighted by Gasteiger charge is -2.11. The number of hydrogen-bond acceptors (Lipinski definition) is 1. The molecule has 0 radical (unpaired) electrons. The molecule has 0 aliphatic heterocycles. The van der Waals surface area contributed by atoms with E-state index in [0.29, 0.717) is 0 Å². The standard InChI is InChI=1S/C55H38N2O/c1-3-14-41(15-4-2)56-51-30-27-39(34-47(51)48-35-40(28-31-52(48)56)43-22-13-25-54-55(43)45-21-9-11-24-53(45)58-54)38-26-29-50-46(33-38)44-20-8-10-23-49(44)57(50)42-19-12-18-37(32-42)36-16-6-5-7-17-36/h3-35H,1H2,2H3/b15-4-,41-14+. The van der Waals surface area contributed by atoms with Gasteiger partial charge in [0.25, 0.3) is 0 Å². The van der Waals surface area contributed by atoms with Crippen molar-refractivity contribution in [3.63, 3.8) is 0 Å². The minimum atomic E-state index is 0.897. The first-order valence-electron chi connectivity index (χ1n) is 19.8. The van der Waals surface area contributed by atoms with Crippen molar-refractivity contribution in [3.05, 3.63) is 207 Å². The second kappa shape index (κ2) is 13.5. The SMILES string of the molecule is C=C/C=C(\C=C/C)n1c2ccc(-c3ccc4c(c3)c3ccccc3n4-c3cccc(-c4ccccc4)c3)cc2c2cc(-c3cccc4oc5ccccc5c34)ccc21. The zero-order valence-electron chi connectivity index (χ0n) is 32.1. The maximum atomic E-state index is 6.30. The first kappa shape index (κ1) is 33.7. The fourth-order valence-electron chi connectivity index (χ4n) is 9.05. The molecule has 0 N–H and O–H groups in total. The van der Waals surface area contributed by atoms with Gasteiger partial charge in [-0.25, -0.2) is 0 Å². The Hall–Kier alpha value is -7.62. The zero-order chi connectivity index (χ0) is 38.7. The number of furan rings is 1. The lowest BCUT2D eigenvalue weighted by Crippen LogP contribution is -1.94. The molecule has 0 saturated carbocycles. The lowest BCUT2D eigenvalue weighted by molar-refractivity contribution is 0.669. The Labute approximate surface area is 336 Å². The summed E-state index contributed by atoms with van der Waals surface area (Å²) in [7, 11) is 0. The van der Waals surface area contributed by atoms with Crippen molar-refractivity contribution in [2.45, 2.75) is 6.92 Å². The van der Waals surface area contributed by atoms with Crippen molar-refractivity contribution < 1.29 is 4.42 Å². The van der Waals surface area contributed by atoms with E-state index in [1.807, 2.05) is 18.2 Å². The Morgan fingerprint density at radius 3 is 1.84 bits per heavy atom. The van der Waals surface area contributed by atoms with Crippen molar-refractivity contribution in [3.8, 4) is 39.1 Å². The van der Waals surface area contributed by atoms with Gasteiger partial charge in [0.1, 0.15) is 11.2 Å². The van der Waals surface area contributed by atoms with E-state index in [0.717, 1.165) is 55.5 Å². The summed E-state index contributed by atoms with van der Waals surface area (Å²) in [4.78, 5) is 0. The average Bonchev–Trinajstić information content (AvgIpc) is 3.94. The first-order chi connectivity index (χ1) is 28.7. The Balaban J connectivity index is 1.11. The predicted molar refractivity (Wildman–Crippen MR) is 247 cm³/mol. The molecule has 3 heteroatoms. The minimum Gasteiger partial charge on any atom is -0.456 e. The van der Waals surface area contributed by atoms with E-state index in [2.05, 4.69) is 205 Å². The molecule has 0 saturated heterocycles. The van der Waals surface area contributed by atoms with Crippen LogP contribution in [-0.2, 0) is 0 Å². The third-order valence-corrected chi connectivity index (χ3v) is 11.6. The van der Waals surface area contributed by atoms with Crippen LogP contribution in [0.5, 0.6) is 0 Å². The second-order valence-corrected chi connectivity index (χ2v) is 14.9. The molecule has 0 unspecified atom stereocenters. The van der Waals surface area contributed by atoms with Gasteiger partial charge in [-0.05, 0) is 119 Å². The number of hydrogen-bond donors (Lipinski definition) is 0. The summed E-state index contributed by atoms with van der Waals surface area (Å²) < 4.78 is 11.1. The first-order valence-corrected chi connectivity index (χ1v) is 19.8. The number of rotatable bonds is 7. The molecule has 0 aliphatic carbocycles. The monoisotopic (exact) mass is 742 g/mol. The summed E-state index contributed by atoms with van der Waals surface area (Å²) in [6.07, 6.45) is 8.19. The number of allylic oxidation sites excluding steroid dienone is 5. The van der Waals surface area contributed by atoms with Crippen LogP contribution in [-0.4, -0.2) is 9.13 Å². The Kier molecular flexibility index (Phi) is 7.87. The van der Waals surface area contributed by atoms with Crippen LogP contribution in [0.2, 0.25) is 0 Å². The lowest BCUT2D eigenvalue weighted by atomic mass is 9.97. The van der Waals surface area contributed by atoms with Gasteiger partial charge in [-0.2, -0.15) is 0 Å². The van der Waals surface area contributed by atoms with Crippen LogP contribution in [0.1, 0.15) is 6.92 Å². The van der Waals surface area contributed by atoms with E-state index in [1.165, 1.54) is 54.8 Å². The molecule has 11 aromatic rings. The predicted octanol–water partition coefficient (Wildman–Crippen LogP) is 15.4.